The van der Waals surface area contributed by atoms with Gasteiger partial charge in [0.15, 0.2) is 6.67 Å². The van der Waals surface area contributed by atoms with Crippen molar-refractivity contribution in [3.63, 3.8) is 0 Å². The number of imide groups is 1. The molecular weight excluding hydrogens is 320 g/mol. The van der Waals surface area contributed by atoms with Gasteiger partial charge in [-0.3, -0.25) is 9.59 Å². The summed E-state index contributed by atoms with van der Waals surface area (Å²) in [5.74, 6) is -0.201. The third kappa shape index (κ3) is 3.37. The number of piperidine rings is 1. The quantitative estimate of drug-likeness (QED) is 0.861. The number of nitrogens with zero attached hydrogens (tertiary/aromatic N) is 1. The molecule has 2 aliphatic rings. The molecule has 0 bridgehead atoms. The van der Waals surface area contributed by atoms with E-state index in [1.807, 2.05) is 18.2 Å². The zero-order valence-electron chi connectivity index (χ0n) is 12.2. The number of carbonyl (C=O) groups is 2. The Morgan fingerprint density at radius 1 is 1.18 bits per heavy atom. The average Bonchev–Trinajstić information content (AvgIpc) is 2.78. The van der Waals surface area contributed by atoms with E-state index >= 15 is 0 Å². The van der Waals surface area contributed by atoms with Crippen molar-refractivity contribution < 1.29 is 14.5 Å². The highest BCUT2D eigenvalue weighted by atomic mass is 35.5. The summed E-state index contributed by atoms with van der Waals surface area (Å²) in [6.07, 6.45) is 5.29. The van der Waals surface area contributed by atoms with Crippen LogP contribution in [0.2, 0.25) is 5.02 Å². The van der Waals surface area contributed by atoms with Crippen LogP contribution in [0.4, 0.5) is 4.79 Å². The van der Waals surface area contributed by atoms with E-state index in [2.05, 4.69) is 0 Å². The molecule has 1 aromatic rings. The van der Waals surface area contributed by atoms with Gasteiger partial charge in [-0.1, -0.05) is 29.8 Å². The highest BCUT2D eigenvalue weighted by molar-refractivity contribution is 8.18. The summed E-state index contributed by atoms with van der Waals surface area (Å²) < 4.78 is 0. The van der Waals surface area contributed by atoms with Crippen molar-refractivity contribution in [2.75, 3.05) is 19.8 Å². The number of carbonyl (C=O) groups excluding carboxylic acids is 2. The Morgan fingerprint density at radius 3 is 2.64 bits per heavy atom. The minimum atomic E-state index is -0.201. The fraction of sp³-hybridized carbons (Fsp3) is 0.375. The molecule has 0 aliphatic carbocycles. The van der Waals surface area contributed by atoms with Gasteiger partial charge in [0.25, 0.3) is 11.1 Å². The highest BCUT2D eigenvalue weighted by Crippen LogP contribution is 2.32. The third-order valence-electron chi connectivity index (χ3n) is 4.01. The molecule has 0 radical (unpaired) electrons. The van der Waals surface area contributed by atoms with Gasteiger partial charge in [-0.05, 0) is 48.7 Å². The van der Waals surface area contributed by atoms with Crippen molar-refractivity contribution in [3.05, 3.63) is 39.8 Å². The first kappa shape index (κ1) is 15.6. The lowest BCUT2D eigenvalue weighted by atomic mass is 10.1. The van der Waals surface area contributed by atoms with Crippen LogP contribution in [-0.2, 0) is 4.79 Å². The minimum absolute atomic E-state index is 0.179. The lowest BCUT2D eigenvalue weighted by molar-refractivity contribution is -0.912. The standard InChI is InChI=1S/C16H17ClN2O2S/c17-13-7-3-2-6-12(13)10-14-15(20)19(16(21)22-14)11-18-8-4-1-5-9-18/h2-3,6-7,10H,1,4-5,8-9,11H2/p+1/b14-10+. The molecule has 0 unspecified atom stereocenters. The van der Waals surface area contributed by atoms with Gasteiger partial charge in [0.05, 0.1) is 18.0 Å². The maximum atomic E-state index is 12.5. The number of quaternary nitrogens is 1. The van der Waals surface area contributed by atoms with E-state index in [0.717, 1.165) is 30.4 Å². The Kier molecular flexibility index (Phi) is 4.86. The lowest BCUT2D eigenvalue weighted by Crippen LogP contribution is -3.14. The summed E-state index contributed by atoms with van der Waals surface area (Å²) in [5.41, 5.74) is 0.764. The summed E-state index contributed by atoms with van der Waals surface area (Å²) in [6, 6.07) is 7.31. The number of likely N-dealkylation sites (tertiary alicyclic amines) is 1. The summed E-state index contributed by atoms with van der Waals surface area (Å²) >= 11 is 7.11. The van der Waals surface area contributed by atoms with E-state index in [1.54, 1.807) is 12.1 Å². The Labute approximate surface area is 139 Å². The fourth-order valence-corrected chi connectivity index (χ4v) is 3.82. The number of halogens is 1. The molecule has 0 saturated carbocycles. The lowest BCUT2D eigenvalue weighted by Gasteiger charge is -2.26. The molecule has 2 aliphatic heterocycles. The monoisotopic (exact) mass is 337 g/mol. The molecule has 3 rings (SSSR count). The Hall–Kier alpha value is -1.30. The molecule has 0 aromatic heterocycles. The Morgan fingerprint density at radius 2 is 1.91 bits per heavy atom. The van der Waals surface area contributed by atoms with Gasteiger partial charge in [-0.15, -0.1) is 0 Å². The first-order valence-electron chi connectivity index (χ1n) is 7.48. The molecule has 22 heavy (non-hydrogen) atoms. The van der Waals surface area contributed by atoms with Crippen LogP contribution < -0.4 is 4.90 Å². The average molecular weight is 338 g/mol. The van der Waals surface area contributed by atoms with Crippen LogP contribution in [0.15, 0.2) is 29.2 Å². The zero-order valence-corrected chi connectivity index (χ0v) is 13.8. The van der Waals surface area contributed by atoms with E-state index in [-0.39, 0.29) is 11.1 Å². The molecule has 0 spiro atoms. The second kappa shape index (κ2) is 6.86. The van der Waals surface area contributed by atoms with Crippen LogP contribution in [0, 0.1) is 0 Å². The van der Waals surface area contributed by atoms with Crippen LogP contribution >= 0.6 is 23.4 Å². The van der Waals surface area contributed by atoms with E-state index in [9.17, 15) is 9.59 Å². The first-order chi connectivity index (χ1) is 10.6. The minimum Gasteiger partial charge on any atom is -0.317 e. The van der Waals surface area contributed by atoms with E-state index in [4.69, 9.17) is 11.6 Å². The van der Waals surface area contributed by atoms with Gasteiger partial charge < -0.3 is 4.90 Å². The summed E-state index contributed by atoms with van der Waals surface area (Å²) in [4.78, 5) is 27.7. The van der Waals surface area contributed by atoms with Gasteiger partial charge in [0.1, 0.15) is 0 Å². The van der Waals surface area contributed by atoms with Crippen molar-refractivity contribution in [2.45, 2.75) is 19.3 Å². The Bertz CT molecular complexity index is 626. The summed E-state index contributed by atoms with van der Waals surface area (Å²) in [6.45, 7) is 2.54. The number of hydrogen-bond acceptors (Lipinski definition) is 3. The predicted octanol–water partition coefficient (Wildman–Crippen LogP) is 2.40. The summed E-state index contributed by atoms with van der Waals surface area (Å²) in [5, 5.41) is 0.400. The molecule has 2 heterocycles. The van der Waals surface area contributed by atoms with Gasteiger partial charge in [0.2, 0.25) is 0 Å². The van der Waals surface area contributed by atoms with Crippen LogP contribution in [0.3, 0.4) is 0 Å². The smallest absolute Gasteiger partial charge is 0.298 e. The molecule has 0 atom stereocenters. The maximum absolute atomic E-state index is 12.5. The second-order valence-corrected chi connectivity index (χ2v) is 7.00. The van der Waals surface area contributed by atoms with Crippen molar-refractivity contribution in [2.24, 2.45) is 0 Å². The number of rotatable bonds is 3. The molecule has 6 heteroatoms. The van der Waals surface area contributed by atoms with Gasteiger partial charge >= 0.3 is 0 Å². The fourth-order valence-electron chi connectivity index (χ4n) is 2.80. The molecular formula is C16H18ClN2O2S+. The number of nitrogens with one attached hydrogen (secondary N) is 1. The van der Waals surface area contributed by atoms with E-state index in [1.165, 1.54) is 29.1 Å². The van der Waals surface area contributed by atoms with E-state index in [0.29, 0.717) is 16.6 Å². The summed E-state index contributed by atoms with van der Waals surface area (Å²) in [7, 11) is 0. The van der Waals surface area contributed by atoms with Crippen molar-refractivity contribution >= 4 is 40.6 Å². The number of benzene rings is 1. The molecule has 116 valence electrons. The number of thioether (sulfide) groups is 1. The van der Waals surface area contributed by atoms with Crippen LogP contribution in [0.1, 0.15) is 24.8 Å². The largest absolute Gasteiger partial charge is 0.317 e. The molecule has 2 saturated heterocycles. The molecule has 1 N–H and O–H groups in total. The normalized spacial score (nSPS) is 21.9. The highest BCUT2D eigenvalue weighted by Gasteiger charge is 2.37. The third-order valence-corrected chi connectivity index (χ3v) is 5.26. The molecule has 2 amide bonds. The second-order valence-electron chi connectivity index (χ2n) is 5.60. The topological polar surface area (TPSA) is 41.8 Å². The molecule has 2 fully saturated rings. The maximum Gasteiger partial charge on any atom is 0.298 e. The van der Waals surface area contributed by atoms with E-state index < -0.39 is 0 Å². The van der Waals surface area contributed by atoms with Gasteiger partial charge in [0, 0.05) is 5.02 Å². The predicted molar refractivity (Wildman–Crippen MR) is 88.7 cm³/mol. The van der Waals surface area contributed by atoms with Crippen LogP contribution in [0.25, 0.3) is 6.08 Å². The van der Waals surface area contributed by atoms with Crippen molar-refractivity contribution in [1.29, 1.82) is 0 Å². The Balaban J connectivity index is 1.75. The number of amides is 2. The van der Waals surface area contributed by atoms with Crippen molar-refractivity contribution in [3.8, 4) is 0 Å². The van der Waals surface area contributed by atoms with Crippen LogP contribution in [-0.4, -0.2) is 35.8 Å². The number of hydrogen-bond donors (Lipinski definition) is 1. The van der Waals surface area contributed by atoms with Crippen molar-refractivity contribution in [1.82, 2.24) is 4.90 Å². The zero-order chi connectivity index (χ0) is 15.5. The van der Waals surface area contributed by atoms with Crippen LogP contribution in [0.5, 0.6) is 0 Å². The molecule has 1 aromatic carbocycles. The van der Waals surface area contributed by atoms with Gasteiger partial charge in [-0.25, -0.2) is 4.90 Å². The first-order valence-corrected chi connectivity index (χ1v) is 8.68. The molecule has 4 nitrogen and oxygen atoms in total. The van der Waals surface area contributed by atoms with Gasteiger partial charge in [-0.2, -0.15) is 0 Å². The SMILES string of the molecule is O=C1S/C(=C/c2ccccc2Cl)C(=O)N1C[NH+]1CCCCC1.